The van der Waals surface area contributed by atoms with E-state index in [0.29, 0.717) is 35.7 Å². The van der Waals surface area contributed by atoms with Gasteiger partial charge in [-0.15, -0.1) is 11.8 Å². The minimum Gasteiger partial charge on any atom is -0.361 e. The van der Waals surface area contributed by atoms with E-state index in [1.807, 2.05) is 13.8 Å². The molecule has 9 heteroatoms. The summed E-state index contributed by atoms with van der Waals surface area (Å²) >= 11 is 1.54. The Morgan fingerprint density at radius 3 is 2.70 bits per heavy atom. The number of nitrogens with one attached hydrogen (secondary N) is 3. The van der Waals surface area contributed by atoms with Gasteiger partial charge in [0.15, 0.2) is 0 Å². The van der Waals surface area contributed by atoms with Gasteiger partial charge in [-0.05, 0) is 56.3 Å². The maximum atomic E-state index is 14.0. The summed E-state index contributed by atoms with van der Waals surface area (Å²) in [4.78, 5) is 31.6. The number of amides is 2. The van der Waals surface area contributed by atoms with Gasteiger partial charge in [-0.1, -0.05) is 13.8 Å². The molecule has 0 fully saturated rings. The molecule has 0 radical (unpaired) electrons. The summed E-state index contributed by atoms with van der Waals surface area (Å²) in [5, 5.41) is 5.56. The van der Waals surface area contributed by atoms with E-state index in [1.54, 1.807) is 17.8 Å². The Bertz CT molecular complexity index is 1000. The van der Waals surface area contributed by atoms with E-state index >= 15 is 0 Å². The summed E-state index contributed by atoms with van der Waals surface area (Å²) in [6, 6.07) is 4.35. The quantitative estimate of drug-likeness (QED) is 0.399. The van der Waals surface area contributed by atoms with Gasteiger partial charge in [0.1, 0.15) is 5.82 Å². The molecule has 1 aromatic carbocycles. The van der Waals surface area contributed by atoms with Crippen molar-refractivity contribution < 1.29 is 14.0 Å². The Morgan fingerprint density at radius 2 is 2.03 bits per heavy atom. The number of thioether (sulfide) groups is 1. The van der Waals surface area contributed by atoms with Gasteiger partial charge < -0.3 is 26.3 Å². The number of benzene rings is 1. The zero-order valence-electron chi connectivity index (χ0n) is 19.8. The van der Waals surface area contributed by atoms with Crippen LogP contribution in [-0.4, -0.2) is 60.2 Å². The Labute approximate surface area is 199 Å². The molecule has 0 bridgehead atoms. The second-order valence-electron chi connectivity index (χ2n) is 8.23. The van der Waals surface area contributed by atoms with Crippen LogP contribution in [0.5, 0.6) is 0 Å². The number of hydrogen-bond acceptors (Lipinski definition) is 5. The number of fused-ring (bicyclic) bond motifs is 1. The van der Waals surface area contributed by atoms with E-state index in [2.05, 4.69) is 34.4 Å². The van der Waals surface area contributed by atoms with Crippen LogP contribution in [0.2, 0.25) is 0 Å². The number of H-pyrrole nitrogens is 1. The minimum absolute atomic E-state index is 0.135. The molecule has 0 spiro atoms. The molecule has 1 aliphatic rings. The van der Waals surface area contributed by atoms with Gasteiger partial charge in [-0.2, -0.15) is 0 Å². The fraction of sp³-hybridized carbons (Fsp3) is 0.500. The van der Waals surface area contributed by atoms with Crippen molar-refractivity contribution in [3.05, 3.63) is 52.1 Å². The van der Waals surface area contributed by atoms with Crippen LogP contribution in [0.15, 0.2) is 18.2 Å². The molecular weight excluding hydrogens is 441 g/mol. The number of anilines is 1. The first-order valence-corrected chi connectivity index (χ1v) is 12.5. The molecule has 2 atom stereocenters. The van der Waals surface area contributed by atoms with E-state index in [1.165, 1.54) is 12.1 Å². The number of aromatic nitrogens is 1. The van der Waals surface area contributed by atoms with Gasteiger partial charge in [0.25, 0.3) is 5.91 Å². The molecule has 0 saturated heterocycles. The largest absolute Gasteiger partial charge is 0.361 e. The van der Waals surface area contributed by atoms with Gasteiger partial charge in [0, 0.05) is 42.5 Å². The number of aromatic amines is 1. The lowest BCUT2D eigenvalue weighted by Gasteiger charge is -2.22. The molecular formula is C24H34FN5O2S. The third kappa shape index (κ3) is 5.42. The molecule has 2 heterocycles. The molecule has 5 N–H and O–H groups in total. The number of rotatable bonds is 11. The lowest BCUT2D eigenvalue weighted by atomic mass is 9.93. The maximum Gasteiger partial charge on any atom is 0.253 e. The zero-order valence-corrected chi connectivity index (χ0v) is 20.6. The third-order valence-corrected chi connectivity index (χ3v) is 7.54. The average molecular weight is 476 g/mol. The van der Waals surface area contributed by atoms with Crippen molar-refractivity contribution in [3.8, 4) is 0 Å². The number of nitrogens with zero attached hydrogens (tertiary/aromatic N) is 1. The Morgan fingerprint density at radius 1 is 1.30 bits per heavy atom. The lowest BCUT2D eigenvalue weighted by molar-refractivity contribution is -0.117. The monoisotopic (exact) mass is 475 g/mol. The highest BCUT2D eigenvalue weighted by atomic mass is 32.2. The van der Waals surface area contributed by atoms with Crippen LogP contribution in [-0.2, 0) is 4.79 Å². The summed E-state index contributed by atoms with van der Waals surface area (Å²) in [6.45, 7) is 11.6. The van der Waals surface area contributed by atoms with Crippen LogP contribution < -0.4 is 16.4 Å². The normalized spacial score (nSPS) is 16.1. The van der Waals surface area contributed by atoms with Crippen molar-refractivity contribution in [1.82, 2.24) is 15.2 Å². The van der Waals surface area contributed by atoms with E-state index in [-0.39, 0.29) is 22.9 Å². The maximum absolute atomic E-state index is 14.0. The molecule has 1 aromatic heterocycles. The summed E-state index contributed by atoms with van der Waals surface area (Å²) in [5.74, 6) is -0.651. The summed E-state index contributed by atoms with van der Waals surface area (Å²) in [7, 11) is 0. The second kappa shape index (κ2) is 11.2. The van der Waals surface area contributed by atoms with Crippen molar-refractivity contribution >= 4 is 29.3 Å². The van der Waals surface area contributed by atoms with Crippen LogP contribution in [0.4, 0.5) is 10.1 Å². The Kier molecular flexibility index (Phi) is 8.56. The molecule has 2 amide bonds. The summed E-state index contributed by atoms with van der Waals surface area (Å²) in [5.41, 5.74) is 9.98. The number of aryl methyl sites for hydroxylation is 1. The zero-order chi connectivity index (χ0) is 24.1. The fourth-order valence-corrected chi connectivity index (χ4v) is 5.71. The fourth-order valence-electron chi connectivity index (χ4n) is 4.45. The number of halogens is 1. The van der Waals surface area contributed by atoms with E-state index in [0.717, 1.165) is 36.6 Å². The Hall–Kier alpha value is -2.36. The van der Waals surface area contributed by atoms with E-state index < -0.39 is 5.92 Å². The van der Waals surface area contributed by atoms with Crippen molar-refractivity contribution in [2.75, 3.05) is 43.8 Å². The number of nitrogens with two attached hydrogens (primary N) is 1. The smallest absolute Gasteiger partial charge is 0.253 e. The van der Waals surface area contributed by atoms with Crippen molar-refractivity contribution in [2.24, 2.45) is 5.73 Å². The molecule has 0 saturated carbocycles. The van der Waals surface area contributed by atoms with Crippen LogP contribution >= 0.6 is 11.8 Å². The SMILES string of the molecule is CCN(CC)CCNC(=O)c1c(C)[nH]c(C(SCCN)C2C(=O)Nc3ccc(F)cc32)c1C. The first kappa shape index (κ1) is 25.3. The van der Waals surface area contributed by atoms with Crippen LogP contribution in [0.25, 0.3) is 0 Å². The van der Waals surface area contributed by atoms with Crippen molar-refractivity contribution in [1.29, 1.82) is 0 Å². The summed E-state index contributed by atoms with van der Waals surface area (Å²) < 4.78 is 14.0. The molecule has 0 aliphatic carbocycles. The van der Waals surface area contributed by atoms with Gasteiger partial charge in [0.2, 0.25) is 5.91 Å². The minimum atomic E-state index is -0.581. The van der Waals surface area contributed by atoms with Gasteiger partial charge in [-0.25, -0.2) is 4.39 Å². The molecule has 33 heavy (non-hydrogen) atoms. The standard InChI is InChI=1S/C24H34FN5O2S/c1-5-30(6-2)11-10-27-23(31)19-14(3)21(28-15(19)4)22(33-12-9-26)20-17-13-16(25)7-8-18(17)29-24(20)32/h7-8,13,20,22,28H,5-6,9-12,26H2,1-4H3,(H,27,31)(H,29,32). The van der Waals surface area contributed by atoms with Gasteiger partial charge in [-0.3, -0.25) is 9.59 Å². The highest BCUT2D eigenvalue weighted by Gasteiger charge is 2.40. The first-order valence-electron chi connectivity index (χ1n) is 11.4. The molecule has 2 aromatic rings. The highest BCUT2D eigenvalue weighted by molar-refractivity contribution is 7.99. The second-order valence-corrected chi connectivity index (χ2v) is 9.47. The molecule has 1 aliphatic heterocycles. The molecule has 7 nitrogen and oxygen atoms in total. The number of carbonyl (C=O) groups excluding carboxylic acids is 2. The van der Waals surface area contributed by atoms with E-state index in [9.17, 15) is 14.0 Å². The molecule has 3 rings (SSSR count). The number of hydrogen-bond donors (Lipinski definition) is 4. The number of carbonyl (C=O) groups is 2. The topological polar surface area (TPSA) is 103 Å². The summed E-state index contributed by atoms with van der Waals surface area (Å²) in [6.07, 6.45) is 0. The van der Waals surface area contributed by atoms with Crippen LogP contribution in [0.3, 0.4) is 0 Å². The third-order valence-electron chi connectivity index (χ3n) is 6.20. The molecule has 2 unspecified atom stereocenters. The van der Waals surface area contributed by atoms with Crippen molar-refractivity contribution in [2.45, 2.75) is 38.9 Å². The van der Waals surface area contributed by atoms with Crippen LogP contribution in [0, 0.1) is 19.7 Å². The molecule has 180 valence electrons. The Balaban J connectivity index is 1.90. The number of likely N-dealkylation sites (N-methyl/N-ethyl adjacent to an activating group) is 1. The van der Waals surface area contributed by atoms with Crippen molar-refractivity contribution in [3.63, 3.8) is 0 Å². The van der Waals surface area contributed by atoms with E-state index in [4.69, 9.17) is 5.73 Å². The highest BCUT2D eigenvalue weighted by Crippen LogP contribution is 2.48. The van der Waals surface area contributed by atoms with Gasteiger partial charge >= 0.3 is 0 Å². The predicted molar refractivity (Wildman–Crippen MR) is 132 cm³/mol. The average Bonchev–Trinajstić information content (AvgIpc) is 3.26. The lowest BCUT2D eigenvalue weighted by Crippen LogP contribution is -2.35. The van der Waals surface area contributed by atoms with Gasteiger partial charge in [0.05, 0.1) is 16.7 Å². The predicted octanol–water partition coefficient (Wildman–Crippen LogP) is 3.31. The van der Waals surface area contributed by atoms with Crippen LogP contribution in [0.1, 0.15) is 57.9 Å². The first-order chi connectivity index (χ1) is 15.8.